The highest BCUT2D eigenvalue weighted by Crippen LogP contribution is 2.37. The highest BCUT2D eigenvalue weighted by molar-refractivity contribution is 5.86. The summed E-state index contributed by atoms with van der Waals surface area (Å²) in [6.07, 6.45) is -0.165. The Kier molecular flexibility index (Phi) is 1.45. The van der Waals surface area contributed by atoms with Crippen LogP contribution in [0.15, 0.2) is 36.4 Å². The first-order chi connectivity index (χ1) is 6.83. The van der Waals surface area contributed by atoms with Crippen LogP contribution in [0.4, 0.5) is 0 Å². The zero-order chi connectivity index (χ0) is 9.54. The lowest BCUT2D eigenvalue weighted by Crippen LogP contribution is -2.11. The van der Waals surface area contributed by atoms with Gasteiger partial charge in [-0.2, -0.15) is 0 Å². The average Bonchev–Trinajstić information content (AvgIpc) is 2.53. The molecule has 1 heterocycles. The van der Waals surface area contributed by atoms with E-state index in [4.69, 9.17) is 9.47 Å². The number of fused-ring (bicyclic) bond motifs is 2. The number of hydrogen-bond acceptors (Lipinski definition) is 2. The van der Waals surface area contributed by atoms with Gasteiger partial charge in [0.25, 0.3) is 0 Å². The van der Waals surface area contributed by atoms with E-state index in [1.807, 2.05) is 31.2 Å². The fourth-order valence-electron chi connectivity index (χ4n) is 1.76. The summed E-state index contributed by atoms with van der Waals surface area (Å²) in [5, 5.41) is 2.37. The molecule has 0 fully saturated rings. The van der Waals surface area contributed by atoms with Crippen LogP contribution in [0, 0.1) is 0 Å². The van der Waals surface area contributed by atoms with Crippen LogP contribution in [0.5, 0.6) is 11.5 Å². The van der Waals surface area contributed by atoms with Crippen LogP contribution in [-0.2, 0) is 0 Å². The predicted molar refractivity (Wildman–Crippen MR) is 54.7 cm³/mol. The third-order valence-electron chi connectivity index (χ3n) is 2.40. The Labute approximate surface area is 82.1 Å². The van der Waals surface area contributed by atoms with Crippen molar-refractivity contribution in [1.29, 1.82) is 0 Å². The van der Waals surface area contributed by atoms with E-state index in [0.29, 0.717) is 0 Å². The Morgan fingerprint density at radius 1 is 0.929 bits per heavy atom. The van der Waals surface area contributed by atoms with E-state index in [2.05, 4.69) is 12.1 Å². The lowest BCUT2D eigenvalue weighted by Gasteiger charge is -1.99. The lowest BCUT2D eigenvalue weighted by atomic mass is 10.1. The molecule has 0 atom stereocenters. The van der Waals surface area contributed by atoms with Crippen molar-refractivity contribution in [3.05, 3.63) is 36.4 Å². The minimum atomic E-state index is -0.165. The van der Waals surface area contributed by atoms with E-state index in [1.165, 1.54) is 10.8 Å². The Hall–Kier alpha value is -1.70. The van der Waals surface area contributed by atoms with Gasteiger partial charge in [0, 0.05) is 6.92 Å². The number of ether oxygens (including phenoxy) is 2. The summed E-state index contributed by atoms with van der Waals surface area (Å²) in [7, 11) is 0. The molecule has 0 amide bonds. The summed E-state index contributed by atoms with van der Waals surface area (Å²) < 4.78 is 11.0. The molecule has 2 nitrogen and oxygen atoms in total. The molecule has 3 rings (SSSR count). The van der Waals surface area contributed by atoms with Crippen LogP contribution in [0.2, 0.25) is 0 Å². The number of rotatable bonds is 0. The molecule has 0 saturated carbocycles. The highest BCUT2D eigenvalue weighted by Gasteiger charge is 2.19. The Morgan fingerprint density at radius 3 is 1.93 bits per heavy atom. The van der Waals surface area contributed by atoms with Gasteiger partial charge in [-0.1, -0.05) is 24.3 Å². The van der Waals surface area contributed by atoms with E-state index in [1.54, 1.807) is 0 Å². The van der Waals surface area contributed by atoms with Crippen LogP contribution in [0.1, 0.15) is 6.92 Å². The van der Waals surface area contributed by atoms with Gasteiger partial charge in [-0.15, -0.1) is 0 Å². The molecule has 70 valence electrons. The predicted octanol–water partition coefficient (Wildman–Crippen LogP) is 2.96. The molecular formula is C12H10O2. The zero-order valence-corrected chi connectivity index (χ0v) is 7.86. The smallest absolute Gasteiger partial charge is 0.238 e. The summed E-state index contributed by atoms with van der Waals surface area (Å²) in [5.74, 6) is 1.69. The molecule has 0 aliphatic carbocycles. The van der Waals surface area contributed by atoms with Gasteiger partial charge in [-0.3, -0.25) is 0 Å². The molecule has 0 spiro atoms. The van der Waals surface area contributed by atoms with Crippen molar-refractivity contribution < 1.29 is 9.47 Å². The SMILES string of the molecule is CC1Oc2cc3ccccc3cc2O1. The van der Waals surface area contributed by atoms with Crippen molar-refractivity contribution in [2.24, 2.45) is 0 Å². The van der Waals surface area contributed by atoms with Gasteiger partial charge in [0.05, 0.1) is 0 Å². The zero-order valence-electron chi connectivity index (χ0n) is 7.86. The minimum absolute atomic E-state index is 0.165. The fourth-order valence-corrected chi connectivity index (χ4v) is 1.76. The summed E-state index contributed by atoms with van der Waals surface area (Å²) in [4.78, 5) is 0. The molecule has 1 aliphatic heterocycles. The van der Waals surface area contributed by atoms with Crippen molar-refractivity contribution in [2.45, 2.75) is 13.2 Å². The highest BCUT2D eigenvalue weighted by atomic mass is 16.7. The van der Waals surface area contributed by atoms with Crippen molar-refractivity contribution in [2.75, 3.05) is 0 Å². The first-order valence-electron chi connectivity index (χ1n) is 4.69. The van der Waals surface area contributed by atoms with Crippen LogP contribution >= 0.6 is 0 Å². The van der Waals surface area contributed by atoms with Crippen molar-refractivity contribution >= 4 is 10.8 Å². The summed E-state index contributed by atoms with van der Waals surface area (Å²) in [6.45, 7) is 1.89. The van der Waals surface area contributed by atoms with E-state index in [-0.39, 0.29) is 6.29 Å². The Balaban J connectivity index is 2.27. The van der Waals surface area contributed by atoms with Gasteiger partial charge < -0.3 is 9.47 Å². The molecule has 0 N–H and O–H groups in total. The molecule has 0 bridgehead atoms. The summed E-state index contributed by atoms with van der Waals surface area (Å²) in [5.41, 5.74) is 0. The molecule has 0 aromatic heterocycles. The third-order valence-corrected chi connectivity index (χ3v) is 2.40. The molecule has 14 heavy (non-hydrogen) atoms. The lowest BCUT2D eigenvalue weighted by molar-refractivity contribution is 0.0679. The van der Waals surface area contributed by atoms with Gasteiger partial charge in [0.2, 0.25) is 6.29 Å². The Morgan fingerprint density at radius 2 is 1.43 bits per heavy atom. The maximum Gasteiger partial charge on any atom is 0.238 e. The molecule has 0 unspecified atom stereocenters. The van der Waals surface area contributed by atoms with Crippen molar-refractivity contribution in [3.63, 3.8) is 0 Å². The van der Waals surface area contributed by atoms with Gasteiger partial charge in [-0.25, -0.2) is 0 Å². The monoisotopic (exact) mass is 186 g/mol. The number of hydrogen-bond donors (Lipinski definition) is 0. The average molecular weight is 186 g/mol. The molecule has 2 aromatic rings. The molecule has 0 saturated heterocycles. The second-order valence-corrected chi connectivity index (χ2v) is 3.45. The van der Waals surface area contributed by atoms with Gasteiger partial charge in [0.15, 0.2) is 11.5 Å². The van der Waals surface area contributed by atoms with Crippen LogP contribution in [0.25, 0.3) is 10.8 Å². The molecule has 0 radical (unpaired) electrons. The molecule has 1 aliphatic rings. The van der Waals surface area contributed by atoms with Gasteiger partial charge >= 0.3 is 0 Å². The molecule has 2 aromatic carbocycles. The largest absolute Gasteiger partial charge is 0.451 e. The standard InChI is InChI=1S/C12H10O2/c1-8-13-11-6-9-4-2-3-5-10(9)7-12(11)14-8/h2-8H,1H3. The molecule has 2 heteroatoms. The Bertz CT molecular complexity index is 446. The minimum Gasteiger partial charge on any atom is -0.451 e. The van der Waals surface area contributed by atoms with E-state index in [0.717, 1.165) is 11.5 Å². The van der Waals surface area contributed by atoms with Gasteiger partial charge in [-0.05, 0) is 22.9 Å². The van der Waals surface area contributed by atoms with Crippen LogP contribution in [0.3, 0.4) is 0 Å². The summed E-state index contributed by atoms with van der Waals surface area (Å²) in [6, 6.07) is 12.2. The maximum atomic E-state index is 5.49. The number of benzene rings is 2. The fraction of sp³-hybridized carbons (Fsp3) is 0.167. The molecular weight excluding hydrogens is 176 g/mol. The second kappa shape index (κ2) is 2.64. The van der Waals surface area contributed by atoms with E-state index in [9.17, 15) is 0 Å². The topological polar surface area (TPSA) is 18.5 Å². The first-order valence-corrected chi connectivity index (χ1v) is 4.69. The van der Waals surface area contributed by atoms with E-state index < -0.39 is 0 Å². The second-order valence-electron chi connectivity index (χ2n) is 3.45. The van der Waals surface area contributed by atoms with Crippen molar-refractivity contribution in [1.82, 2.24) is 0 Å². The first kappa shape index (κ1) is 7.68. The van der Waals surface area contributed by atoms with E-state index >= 15 is 0 Å². The third kappa shape index (κ3) is 1.04. The normalized spacial score (nSPS) is 14.9. The van der Waals surface area contributed by atoms with Crippen molar-refractivity contribution in [3.8, 4) is 11.5 Å². The maximum absolute atomic E-state index is 5.49. The quantitative estimate of drug-likeness (QED) is 0.629. The van der Waals surface area contributed by atoms with Gasteiger partial charge in [0.1, 0.15) is 0 Å². The summed E-state index contributed by atoms with van der Waals surface area (Å²) >= 11 is 0. The van der Waals surface area contributed by atoms with Crippen LogP contribution in [-0.4, -0.2) is 6.29 Å². The van der Waals surface area contributed by atoms with Crippen LogP contribution < -0.4 is 9.47 Å².